The van der Waals surface area contributed by atoms with Crippen LogP contribution in [0.25, 0.3) is 0 Å². The molecule has 6 aliphatic carbocycles. The average molecular weight is 299 g/mol. The predicted molar refractivity (Wildman–Crippen MR) is 57.3 cm³/mol. The van der Waals surface area contributed by atoms with Crippen molar-refractivity contribution in [2.75, 3.05) is 13.2 Å². The van der Waals surface area contributed by atoms with Crippen molar-refractivity contribution >= 4 is 21.9 Å². The summed E-state index contributed by atoms with van der Waals surface area (Å²) < 4.78 is 11.8. The third kappa shape index (κ3) is 0.479. The van der Waals surface area contributed by atoms with Gasteiger partial charge in [0, 0.05) is 11.8 Å². The Hall–Kier alpha value is -0.130. The summed E-state index contributed by atoms with van der Waals surface area (Å²) in [5.74, 6) is 1.35. The molecule has 7 aliphatic rings. The number of hydrogen-bond donors (Lipinski definition) is 1. The van der Waals surface area contributed by atoms with Crippen LogP contribution in [0.15, 0.2) is 0 Å². The Morgan fingerprint density at radius 1 is 1.18 bits per heavy atom. The van der Waals surface area contributed by atoms with Gasteiger partial charge in [0.05, 0.1) is 23.0 Å². The minimum Gasteiger partial charge on any atom is -0.481 e. The molecule has 1 aliphatic heterocycles. The van der Waals surface area contributed by atoms with E-state index in [1.165, 1.54) is 0 Å². The van der Waals surface area contributed by atoms with Crippen molar-refractivity contribution in [3.05, 3.63) is 0 Å². The van der Waals surface area contributed by atoms with Crippen molar-refractivity contribution in [2.45, 2.75) is 10.1 Å². The van der Waals surface area contributed by atoms with Crippen molar-refractivity contribution in [2.24, 2.45) is 40.9 Å². The van der Waals surface area contributed by atoms with Gasteiger partial charge in [-0.3, -0.25) is 4.79 Å². The van der Waals surface area contributed by atoms with E-state index in [1.807, 2.05) is 0 Å². The first kappa shape index (κ1) is 8.88. The first-order chi connectivity index (χ1) is 8.13. The van der Waals surface area contributed by atoms with E-state index in [0.29, 0.717) is 42.8 Å². The second-order valence-electron chi connectivity index (χ2n) is 6.53. The van der Waals surface area contributed by atoms with Gasteiger partial charge in [0.25, 0.3) is 0 Å². The molecule has 4 nitrogen and oxygen atoms in total. The molecule has 17 heavy (non-hydrogen) atoms. The summed E-state index contributed by atoms with van der Waals surface area (Å²) in [4.78, 5) is 11.6. The molecule has 7 rings (SSSR count). The van der Waals surface area contributed by atoms with Gasteiger partial charge in [0.15, 0.2) is 5.79 Å². The number of carboxylic acids is 1. The minimum absolute atomic E-state index is 0.181. The molecule has 90 valence electrons. The first-order valence-electron chi connectivity index (χ1n) is 6.33. The van der Waals surface area contributed by atoms with Crippen molar-refractivity contribution in [3.63, 3.8) is 0 Å². The molecular formula is C12H11BrO4. The zero-order valence-corrected chi connectivity index (χ0v) is 10.5. The predicted octanol–water partition coefficient (Wildman–Crippen LogP) is 0.699. The van der Waals surface area contributed by atoms with E-state index in [9.17, 15) is 9.90 Å². The maximum atomic E-state index is 11.6. The van der Waals surface area contributed by atoms with E-state index in [2.05, 4.69) is 15.9 Å². The number of halogens is 1. The molecule has 8 atom stereocenters. The van der Waals surface area contributed by atoms with Crippen molar-refractivity contribution < 1.29 is 19.4 Å². The highest BCUT2D eigenvalue weighted by molar-refractivity contribution is 9.10. The van der Waals surface area contributed by atoms with Gasteiger partial charge in [0.1, 0.15) is 0 Å². The average Bonchev–Trinajstić information content (AvgIpc) is 2.97. The maximum Gasteiger partial charge on any atom is 0.310 e. The number of rotatable bonds is 1. The fourth-order valence-corrected chi connectivity index (χ4v) is 8.56. The standard InChI is InChI=1S/C12H11BrO4/c13-11-5-3-4(5)10(9(14)15)7(8(10)11)6(3)12(11)16-1-2-17-12/h3-8H,1-2H2,(H,14,15). The number of alkyl halides is 1. The van der Waals surface area contributed by atoms with Gasteiger partial charge >= 0.3 is 5.97 Å². The monoisotopic (exact) mass is 298 g/mol. The molecule has 8 unspecified atom stereocenters. The summed E-state index contributed by atoms with van der Waals surface area (Å²) in [5.41, 5.74) is -0.399. The van der Waals surface area contributed by atoms with E-state index in [1.54, 1.807) is 0 Å². The molecule has 1 N–H and O–H groups in total. The van der Waals surface area contributed by atoms with Crippen molar-refractivity contribution in [3.8, 4) is 0 Å². The first-order valence-corrected chi connectivity index (χ1v) is 7.13. The third-order valence-corrected chi connectivity index (χ3v) is 8.32. The minimum atomic E-state index is -0.568. The smallest absolute Gasteiger partial charge is 0.310 e. The van der Waals surface area contributed by atoms with Crippen molar-refractivity contribution in [1.29, 1.82) is 0 Å². The van der Waals surface area contributed by atoms with Gasteiger partial charge in [0.2, 0.25) is 0 Å². The SMILES string of the molecule is O=C(O)C12C3C4C5C1C2C(Br)(C43)C51OCCO1. The largest absolute Gasteiger partial charge is 0.481 e. The van der Waals surface area contributed by atoms with Crippen LogP contribution in [-0.4, -0.2) is 34.4 Å². The third-order valence-electron chi connectivity index (χ3n) is 6.74. The van der Waals surface area contributed by atoms with E-state index in [4.69, 9.17) is 9.47 Å². The fourth-order valence-electron chi connectivity index (χ4n) is 6.82. The summed E-state index contributed by atoms with van der Waals surface area (Å²) in [6.45, 7) is 1.32. The number of carbonyl (C=O) groups is 1. The Balaban J connectivity index is 1.63. The fraction of sp³-hybridized carbons (Fsp3) is 0.917. The number of carboxylic acid groups (broad SMARTS) is 1. The van der Waals surface area contributed by atoms with E-state index < -0.39 is 17.2 Å². The molecule has 0 amide bonds. The van der Waals surface area contributed by atoms with Gasteiger partial charge in [-0.1, -0.05) is 15.9 Å². The number of aliphatic carboxylic acids is 1. The summed E-state index contributed by atoms with van der Waals surface area (Å²) >= 11 is 3.90. The summed E-state index contributed by atoms with van der Waals surface area (Å²) in [6.07, 6.45) is 0. The van der Waals surface area contributed by atoms with Gasteiger partial charge in [-0.25, -0.2) is 0 Å². The highest BCUT2D eigenvalue weighted by atomic mass is 79.9. The normalized spacial score (nSPS) is 73.5. The summed E-state index contributed by atoms with van der Waals surface area (Å²) in [7, 11) is 0. The Labute approximate surface area is 106 Å². The maximum absolute atomic E-state index is 11.6. The summed E-state index contributed by atoms with van der Waals surface area (Å²) in [5, 5.41) is 9.59. The molecule has 1 heterocycles. The van der Waals surface area contributed by atoms with E-state index in [0.717, 1.165) is 0 Å². The van der Waals surface area contributed by atoms with Crippen LogP contribution in [-0.2, 0) is 14.3 Å². The van der Waals surface area contributed by atoms with Crippen LogP contribution < -0.4 is 0 Å². The Morgan fingerprint density at radius 2 is 1.88 bits per heavy atom. The second kappa shape index (κ2) is 1.91. The molecule has 1 saturated heterocycles. The van der Waals surface area contributed by atoms with Gasteiger partial charge < -0.3 is 14.6 Å². The van der Waals surface area contributed by atoms with E-state index in [-0.39, 0.29) is 10.2 Å². The Morgan fingerprint density at radius 3 is 2.29 bits per heavy atom. The van der Waals surface area contributed by atoms with Crippen LogP contribution in [0, 0.1) is 40.9 Å². The van der Waals surface area contributed by atoms with Crippen LogP contribution in [0.5, 0.6) is 0 Å². The van der Waals surface area contributed by atoms with Gasteiger partial charge in [-0.15, -0.1) is 0 Å². The molecule has 2 bridgehead atoms. The Kier molecular flexibility index (Phi) is 0.998. The van der Waals surface area contributed by atoms with Crippen LogP contribution in [0.1, 0.15) is 0 Å². The molecule has 7 fully saturated rings. The molecule has 5 heteroatoms. The molecule has 0 aromatic rings. The lowest BCUT2D eigenvalue weighted by atomic mass is 9.94. The van der Waals surface area contributed by atoms with E-state index >= 15 is 0 Å². The number of ether oxygens (including phenoxy) is 2. The number of hydrogen-bond acceptors (Lipinski definition) is 3. The highest BCUT2D eigenvalue weighted by Crippen LogP contribution is 3.04. The van der Waals surface area contributed by atoms with Gasteiger partial charge in [-0.05, 0) is 23.7 Å². The molecule has 1 spiro atoms. The lowest BCUT2D eigenvalue weighted by Crippen LogP contribution is -2.50. The second-order valence-corrected chi connectivity index (χ2v) is 7.84. The highest BCUT2D eigenvalue weighted by Gasteiger charge is 3.10. The lowest BCUT2D eigenvalue weighted by molar-refractivity contribution is -0.193. The zero-order chi connectivity index (χ0) is 11.4. The van der Waals surface area contributed by atoms with Crippen molar-refractivity contribution in [1.82, 2.24) is 0 Å². The quantitative estimate of drug-likeness (QED) is 0.724. The topological polar surface area (TPSA) is 55.8 Å². The zero-order valence-electron chi connectivity index (χ0n) is 8.93. The van der Waals surface area contributed by atoms with Crippen LogP contribution in [0.3, 0.4) is 0 Å². The lowest BCUT2D eigenvalue weighted by Gasteiger charge is -2.37. The summed E-state index contributed by atoms with van der Waals surface area (Å²) in [6, 6.07) is 0. The molecular weight excluding hydrogens is 288 g/mol. The van der Waals surface area contributed by atoms with Crippen LogP contribution in [0.4, 0.5) is 0 Å². The molecule has 0 aromatic carbocycles. The molecule has 6 saturated carbocycles. The molecule has 0 radical (unpaired) electrons. The van der Waals surface area contributed by atoms with Gasteiger partial charge in [-0.2, -0.15) is 0 Å². The van der Waals surface area contributed by atoms with Crippen LogP contribution >= 0.6 is 15.9 Å². The Bertz CT molecular complexity index is 515. The molecule has 0 aromatic heterocycles. The van der Waals surface area contributed by atoms with Crippen LogP contribution in [0.2, 0.25) is 0 Å².